The minimum Gasteiger partial charge on any atom is -0.0849 e. The molecule has 0 aliphatic heterocycles. The van der Waals surface area contributed by atoms with Gasteiger partial charge >= 0.3 is 0 Å². The van der Waals surface area contributed by atoms with Crippen LogP contribution in [-0.2, 0) is 0 Å². The second-order valence-electron chi connectivity index (χ2n) is 1.98. The predicted molar refractivity (Wildman–Crippen MR) is 44.1 cm³/mol. The van der Waals surface area contributed by atoms with Crippen molar-refractivity contribution in [2.24, 2.45) is 0 Å². The van der Waals surface area contributed by atoms with E-state index in [2.05, 4.69) is 6.82 Å². The van der Waals surface area contributed by atoms with E-state index >= 15 is 0 Å². The van der Waals surface area contributed by atoms with Crippen molar-refractivity contribution in [1.82, 2.24) is 0 Å². The number of halogens is 1. The minimum atomic E-state index is 0.812. The lowest BCUT2D eigenvalue weighted by molar-refractivity contribution is 1.76. The molecule has 0 saturated heterocycles. The largest absolute Gasteiger partial charge is 0.154 e. The fourth-order valence-corrected chi connectivity index (χ4v) is 0.846. The highest BCUT2D eigenvalue weighted by molar-refractivity contribution is 6.52. The van der Waals surface area contributed by atoms with Gasteiger partial charge in [0.2, 0.25) is 0 Å². The number of rotatable bonds is 1. The fourth-order valence-electron chi connectivity index (χ4n) is 0.720. The molecule has 1 rings (SSSR count). The molecule has 9 heavy (non-hydrogen) atoms. The molecule has 0 atom stereocenters. The zero-order valence-corrected chi connectivity index (χ0v) is 6.15. The SMILES string of the molecule is CBc1ccc(Cl)cc1. The van der Waals surface area contributed by atoms with Gasteiger partial charge in [-0.25, -0.2) is 0 Å². The summed E-state index contributed by atoms with van der Waals surface area (Å²) in [5.74, 6) is 0. The maximum Gasteiger partial charge on any atom is 0.154 e. The molecular formula is C7H8BCl. The molecule has 1 aromatic rings. The molecule has 0 bridgehead atoms. The first-order valence-corrected chi connectivity index (χ1v) is 3.45. The summed E-state index contributed by atoms with van der Waals surface area (Å²) in [6, 6.07) is 7.92. The number of hydrogen-bond donors (Lipinski definition) is 0. The summed E-state index contributed by atoms with van der Waals surface area (Å²) in [6.07, 6.45) is 0. The normalized spacial score (nSPS) is 9.11. The van der Waals surface area contributed by atoms with Gasteiger partial charge in [-0.2, -0.15) is 0 Å². The van der Waals surface area contributed by atoms with Crippen LogP contribution in [0, 0.1) is 0 Å². The van der Waals surface area contributed by atoms with Crippen LogP contribution < -0.4 is 5.46 Å². The van der Waals surface area contributed by atoms with E-state index in [0.29, 0.717) is 0 Å². The van der Waals surface area contributed by atoms with Gasteiger partial charge in [0.15, 0.2) is 7.28 Å². The highest BCUT2D eigenvalue weighted by Crippen LogP contribution is 2.02. The second kappa shape index (κ2) is 2.93. The summed E-state index contributed by atoms with van der Waals surface area (Å²) in [5, 5.41) is 0.812. The van der Waals surface area contributed by atoms with Crippen LogP contribution in [0.3, 0.4) is 0 Å². The first-order valence-electron chi connectivity index (χ1n) is 3.07. The van der Waals surface area contributed by atoms with E-state index in [1.165, 1.54) is 5.46 Å². The van der Waals surface area contributed by atoms with E-state index in [1.807, 2.05) is 24.3 Å². The topological polar surface area (TPSA) is 0 Å². The van der Waals surface area contributed by atoms with E-state index in [4.69, 9.17) is 11.6 Å². The summed E-state index contributed by atoms with van der Waals surface area (Å²) in [5.41, 5.74) is 1.33. The highest BCUT2D eigenvalue weighted by atomic mass is 35.5. The summed E-state index contributed by atoms with van der Waals surface area (Å²) >= 11 is 5.67. The van der Waals surface area contributed by atoms with Crippen molar-refractivity contribution in [3.05, 3.63) is 29.3 Å². The third kappa shape index (κ3) is 1.76. The third-order valence-electron chi connectivity index (χ3n) is 1.32. The average molecular weight is 138 g/mol. The molecule has 0 nitrogen and oxygen atoms in total. The molecule has 0 spiro atoms. The third-order valence-corrected chi connectivity index (χ3v) is 1.57. The molecule has 0 heterocycles. The van der Waals surface area contributed by atoms with Crippen molar-refractivity contribution >= 4 is 24.3 Å². The molecule has 0 radical (unpaired) electrons. The first kappa shape index (κ1) is 6.69. The van der Waals surface area contributed by atoms with Crippen LogP contribution in [0.4, 0.5) is 0 Å². The maximum absolute atomic E-state index is 5.67. The predicted octanol–water partition coefficient (Wildman–Crippen LogP) is 1.45. The van der Waals surface area contributed by atoms with Crippen molar-refractivity contribution in [3.8, 4) is 0 Å². The monoisotopic (exact) mass is 138 g/mol. The average Bonchev–Trinajstić information content (AvgIpc) is 1.90. The van der Waals surface area contributed by atoms with Crippen LogP contribution in [0.25, 0.3) is 0 Å². The molecule has 0 saturated carbocycles. The van der Waals surface area contributed by atoms with Crippen molar-refractivity contribution in [3.63, 3.8) is 0 Å². The molecule has 0 fully saturated rings. The fraction of sp³-hybridized carbons (Fsp3) is 0.143. The van der Waals surface area contributed by atoms with E-state index in [-0.39, 0.29) is 0 Å². The summed E-state index contributed by atoms with van der Waals surface area (Å²) in [4.78, 5) is 0. The minimum absolute atomic E-state index is 0.812. The Morgan fingerprint density at radius 1 is 1.22 bits per heavy atom. The van der Waals surface area contributed by atoms with Crippen LogP contribution in [0.15, 0.2) is 24.3 Å². The van der Waals surface area contributed by atoms with Crippen molar-refractivity contribution < 1.29 is 0 Å². The maximum atomic E-state index is 5.67. The summed E-state index contributed by atoms with van der Waals surface area (Å²) in [6.45, 7) is 2.13. The lowest BCUT2D eigenvalue weighted by Gasteiger charge is -1.92. The smallest absolute Gasteiger partial charge is 0.0849 e. The number of hydrogen-bond acceptors (Lipinski definition) is 0. The van der Waals surface area contributed by atoms with Gasteiger partial charge in [-0.05, 0) is 12.1 Å². The van der Waals surface area contributed by atoms with Gasteiger partial charge in [0.25, 0.3) is 0 Å². The quantitative estimate of drug-likeness (QED) is 0.515. The van der Waals surface area contributed by atoms with Crippen LogP contribution in [0.2, 0.25) is 11.8 Å². The van der Waals surface area contributed by atoms with Gasteiger partial charge in [-0.1, -0.05) is 36.0 Å². The highest BCUT2D eigenvalue weighted by Gasteiger charge is 1.87. The molecule has 2 heteroatoms. The van der Waals surface area contributed by atoms with Crippen molar-refractivity contribution in [2.75, 3.05) is 0 Å². The number of benzene rings is 1. The molecule has 0 aromatic heterocycles. The lowest BCUT2D eigenvalue weighted by Crippen LogP contribution is -2.08. The van der Waals surface area contributed by atoms with Crippen LogP contribution >= 0.6 is 11.6 Å². The Labute approximate surface area is 61.1 Å². The Bertz CT molecular complexity index is 181. The Morgan fingerprint density at radius 3 is 2.22 bits per heavy atom. The van der Waals surface area contributed by atoms with Crippen molar-refractivity contribution in [1.29, 1.82) is 0 Å². The van der Waals surface area contributed by atoms with E-state index in [0.717, 1.165) is 12.3 Å². The van der Waals surface area contributed by atoms with E-state index in [1.54, 1.807) is 0 Å². The molecule has 0 aliphatic carbocycles. The van der Waals surface area contributed by atoms with Crippen LogP contribution in [-0.4, -0.2) is 7.28 Å². The molecule has 46 valence electrons. The van der Waals surface area contributed by atoms with Gasteiger partial charge in [0.1, 0.15) is 0 Å². The zero-order valence-electron chi connectivity index (χ0n) is 5.39. The van der Waals surface area contributed by atoms with Gasteiger partial charge in [-0.15, -0.1) is 0 Å². The molecule has 1 aromatic carbocycles. The Hall–Kier alpha value is -0.425. The lowest BCUT2D eigenvalue weighted by atomic mass is 9.74. The van der Waals surface area contributed by atoms with Gasteiger partial charge in [0, 0.05) is 5.02 Å². The van der Waals surface area contributed by atoms with Gasteiger partial charge in [-0.3, -0.25) is 0 Å². The van der Waals surface area contributed by atoms with Crippen LogP contribution in [0.1, 0.15) is 0 Å². The summed E-state index contributed by atoms with van der Waals surface area (Å²) in [7, 11) is 1.08. The van der Waals surface area contributed by atoms with E-state index < -0.39 is 0 Å². The second-order valence-corrected chi connectivity index (χ2v) is 2.42. The zero-order chi connectivity index (χ0) is 6.69. The molecule has 0 unspecified atom stereocenters. The first-order chi connectivity index (χ1) is 4.33. The Kier molecular flexibility index (Phi) is 2.18. The Morgan fingerprint density at radius 2 is 1.78 bits per heavy atom. The summed E-state index contributed by atoms with van der Waals surface area (Å²) < 4.78 is 0. The Balaban J connectivity index is 2.88. The molecule has 0 amide bonds. The van der Waals surface area contributed by atoms with E-state index in [9.17, 15) is 0 Å². The molecule has 0 N–H and O–H groups in total. The molecular weight excluding hydrogens is 130 g/mol. The van der Waals surface area contributed by atoms with Crippen molar-refractivity contribution in [2.45, 2.75) is 6.82 Å². The standard InChI is InChI=1S/C7H8BCl/c1-8-6-2-4-7(9)5-3-6/h2-5,8H,1H3. The van der Waals surface area contributed by atoms with Crippen LogP contribution in [0.5, 0.6) is 0 Å². The van der Waals surface area contributed by atoms with Gasteiger partial charge in [0.05, 0.1) is 0 Å². The molecule has 0 aliphatic rings. The van der Waals surface area contributed by atoms with Gasteiger partial charge < -0.3 is 0 Å².